The number of allylic oxidation sites excluding steroid dienone is 1. The first-order chi connectivity index (χ1) is 12.7. The molecule has 0 amide bonds. The molecule has 4 nitrogen and oxygen atoms in total. The Morgan fingerprint density at radius 3 is 2.73 bits per heavy atom. The average molecular weight is 343 g/mol. The Morgan fingerprint density at radius 2 is 1.96 bits per heavy atom. The first-order valence-electron chi connectivity index (χ1n) is 8.36. The van der Waals surface area contributed by atoms with E-state index in [0.29, 0.717) is 29.4 Å². The zero-order valence-corrected chi connectivity index (χ0v) is 14.3. The molecule has 0 atom stereocenters. The highest BCUT2D eigenvalue weighted by atomic mass is 16.5. The van der Waals surface area contributed by atoms with E-state index in [9.17, 15) is 4.79 Å². The van der Waals surface area contributed by atoms with E-state index in [1.54, 1.807) is 36.7 Å². The molecule has 0 aliphatic carbocycles. The molecule has 0 spiro atoms. The van der Waals surface area contributed by atoms with Crippen molar-refractivity contribution in [3.8, 4) is 11.5 Å². The molecule has 3 aromatic rings. The normalized spacial score (nSPS) is 14.2. The molecule has 0 bridgehead atoms. The minimum Gasteiger partial charge on any atom is -0.489 e. The van der Waals surface area contributed by atoms with Crippen molar-refractivity contribution < 1.29 is 14.3 Å². The van der Waals surface area contributed by atoms with Gasteiger partial charge in [0.05, 0.1) is 5.56 Å². The van der Waals surface area contributed by atoms with Crippen LogP contribution in [0.5, 0.6) is 11.5 Å². The summed E-state index contributed by atoms with van der Waals surface area (Å²) in [7, 11) is 0. The lowest BCUT2D eigenvalue weighted by Crippen LogP contribution is -1.98. The van der Waals surface area contributed by atoms with Gasteiger partial charge in [-0.3, -0.25) is 9.78 Å². The summed E-state index contributed by atoms with van der Waals surface area (Å²) in [5, 5.41) is 0. The number of ketones is 1. The first kappa shape index (κ1) is 16.1. The summed E-state index contributed by atoms with van der Waals surface area (Å²) in [5.41, 5.74) is 3.67. The largest absolute Gasteiger partial charge is 0.489 e. The van der Waals surface area contributed by atoms with Crippen molar-refractivity contribution in [2.45, 2.75) is 13.5 Å². The fraction of sp³-hybridized carbons (Fsp3) is 0.0909. The Morgan fingerprint density at radius 1 is 1.12 bits per heavy atom. The Hall–Kier alpha value is -3.40. The molecule has 128 valence electrons. The molecule has 0 unspecified atom stereocenters. The standard InChI is InChI=1S/C22H17NO3/c1-15-4-6-16(7-5-15)14-25-18-8-9-19-20(12-18)26-21(22(19)24)11-17-3-2-10-23-13-17/h2-13H,14H2,1H3/b21-11-. The molecule has 1 aromatic heterocycles. The van der Waals surface area contributed by atoms with Crippen molar-refractivity contribution in [1.29, 1.82) is 0 Å². The number of aromatic nitrogens is 1. The number of rotatable bonds is 4. The summed E-state index contributed by atoms with van der Waals surface area (Å²) in [6.07, 6.45) is 5.07. The number of benzene rings is 2. The van der Waals surface area contributed by atoms with E-state index >= 15 is 0 Å². The number of ether oxygens (including phenoxy) is 2. The van der Waals surface area contributed by atoms with Gasteiger partial charge in [-0.15, -0.1) is 0 Å². The molecule has 2 heterocycles. The predicted molar refractivity (Wildman–Crippen MR) is 99.1 cm³/mol. The van der Waals surface area contributed by atoms with E-state index in [4.69, 9.17) is 9.47 Å². The molecular weight excluding hydrogens is 326 g/mol. The minimum atomic E-state index is -0.131. The highest BCUT2D eigenvalue weighted by Gasteiger charge is 2.27. The molecule has 2 aromatic carbocycles. The molecule has 4 heteroatoms. The number of hydrogen-bond acceptors (Lipinski definition) is 4. The maximum absolute atomic E-state index is 12.5. The highest BCUT2D eigenvalue weighted by molar-refractivity contribution is 6.14. The average Bonchev–Trinajstić information content (AvgIpc) is 2.97. The first-order valence-corrected chi connectivity index (χ1v) is 8.36. The van der Waals surface area contributed by atoms with Gasteiger partial charge in [0.15, 0.2) is 5.76 Å². The van der Waals surface area contributed by atoms with Crippen molar-refractivity contribution in [2.75, 3.05) is 0 Å². The van der Waals surface area contributed by atoms with Crippen molar-refractivity contribution >= 4 is 11.9 Å². The second-order valence-electron chi connectivity index (χ2n) is 6.16. The van der Waals surface area contributed by atoms with Gasteiger partial charge in [-0.25, -0.2) is 0 Å². The molecule has 4 rings (SSSR count). The monoisotopic (exact) mass is 343 g/mol. The van der Waals surface area contributed by atoms with Crippen LogP contribution in [0, 0.1) is 6.92 Å². The summed E-state index contributed by atoms with van der Waals surface area (Å²) in [5.74, 6) is 1.35. The third-order valence-corrected chi connectivity index (χ3v) is 4.15. The second kappa shape index (κ2) is 6.84. The maximum atomic E-state index is 12.5. The quantitative estimate of drug-likeness (QED) is 0.650. The number of nitrogens with zero attached hydrogens (tertiary/aromatic N) is 1. The van der Waals surface area contributed by atoms with Crippen LogP contribution in [0.3, 0.4) is 0 Å². The molecular formula is C22H17NO3. The second-order valence-corrected chi connectivity index (χ2v) is 6.16. The van der Waals surface area contributed by atoms with Crippen LogP contribution < -0.4 is 9.47 Å². The fourth-order valence-corrected chi connectivity index (χ4v) is 2.72. The number of fused-ring (bicyclic) bond motifs is 1. The lowest BCUT2D eigenvalue weighted by atomic mass is 10.1. The van der Waals surface area contributed by atoms with Crippen molar-refractivity contribution in [3.05, 3.63) is 95.0 Å². The molecule has 0 saturated heterocycles. The van der Waals surface area contributed by atoms with E-state index in [1.807, 2.05) is 24.3 Å². The molecule has 1 aliphatic heterocycles. The fourth-order valence-electron chi connectivity index (χ4n) is 2.72. The number of hydrogen-bond donors (Lipinski definition) is 0. The van der Waals surface area contributed by atoms with Crippen LogP contribution in [0.1, 0.15) is 27.0 Å². The van der Waals surface area contributed by atoms with Crippen LogP contribution >= 0.6 is 0 Å². The molecule has 0 saturated carbocycles. The smallest absolute Gasteiger partial charge is 0.231 e. The molecule has 0 N–H and O–H groups in total. The van der Waals surface area contributed by atoms with E-state index in [1.165, 1.54) is 5.56 Å². The van der Waals surface area contributed by atoms with Gasteiger partial charge < -0.3 is 9.47 Å². The number of aryl methyl sites for hydroxylation is 1. The lowest BCUT2D eigenvalue weighted by molar-refractivity contribution is 0.101. The maximum Gasteiger partial charge on any atom is 0.231 e. The van der Waals surface area contributed by atoms with Gasteiger partial charge in [0, 0.05) is 18.5 Å². The molecule has 26 heavy (non-hydrogen) atoms. The number of carbonyl (C=O) groups excluding carboxylic acids is 1. The van der Waals surface area contributed by atoms with Crippen molar-refractivity contribution in [2.24, 2.45) is 0 Å². The zero-order chi connectivity index (χ0) is 17.9. The molecule has 0 radical (unpaired) electrons. The molecule has 0 fully saturated rings. The van der Waals surface area contributed by atoms with E-state index < -0.39 is 0 Å². The van der Waals surface area contributed by atoms with Gasteiger partial charge in [0.2, 0.25) is 5.78 Å². The zero-order valence-electron chi connectivity index (χ0n) is 14.3. The summed E-state index contributed by atoms with van der Waals surface area (Å²) < 4.78 is 11.6. The van der Waals surface area contributed by atoms with Gasteiger partial charge >= 0.3 is 0 Å². The lowest BCUT2D eigenvalue weighted by Gasteiger charge is -2.07. The van der Waals surface area contributed by atoms with Crippen LogP contribution in [0.4, 0.5) is 0 Å². The Balaban J connectivity index is 1.50. The summed E-state index contributed by atoms with van der Waals surface area (Å²) >= 11 is 0. The van der Waals surface area contributed by atoms with E-state index in [-0.39, 0.29) is 5.78 Å². The summed E-state index contributed by atoms with van der Waals surface area (Å²) in [6, 6.07) is 17.2. The number of Topliss-reactive ketones (excluding diaryl/α,β-unsaturated/α-hetero) is 1. The van der Waals surface area contributed by atoms with Crippen molar-refractivity contribution in [1.82, 2.24) is 4.98 Å². The van der Waals surface area contributed by atoms with Crippen LogP contribution in [-0.2, 0) is 6.61 Å². The summed E-state index contributed by atoms with van der Waals surface area (Å²) in [6.45, 7) is 2.52. The van der Waals surface area contributed by atoms with Crippen LogP contribution in [0.15, 0.2) is 72.8 Å². The van der Waals surface area contributed by atoms with Crippen molar-refractivity contribution in [3.63, 3.8) is 0 Å². The highest BCUT2D eigenvalue weighted by Crippen LogP contribution is 2.35. The van der Waals surface area contributed by atoms with E-state index in [2.05, 4.69) is 24.0 Å². The topological polar surface area (TPSA) is 48.4 Å². The van der Waals surface area contributed by atoms with Gasteiger partial charge in [-0.2, -0.15) is 0 Å². The number of carbonyl (C=O) groups is 1. The number of pyridine rings is 1. The summed E-state index contributed by atoms with van der Waals surface area (Å²) in [4.78, 5) is 16.5. The third kappa shape index (κ3) is 3.35. The predicted octanol–water partition coefficient (Wildman–Crippen LogP) is 4.59. The Labute approximate surface area is 151 Å². The van der Waals surface area contributed by atoms with E-state index in [0.717, 1.165) is 11.1 Å². The van der Waals surface area contributed by atoms with Crippen LogP contribution in [0.25, 0.3) is 6.08 Å². The van der Waals surface area contributed by atoms with Gasteiger partial charge in [-0.05, 0) is 42.3 Å². The minimum absolute atomic E-state index is 0.131. The van der Waals surface area contributed by atoms with Crippen LogP contribution in [-0.4, -0.2) is 10.8 Å². The Kier molecular flexibility index (Phi) is 4.23. The third-order valence-electron chi connectivity index (χ3n) is 4.15. The SMILES string of the molecule is Cc1ccc(COc2ccc3c(c2)O/C(=C\c2cccnc2)C3=O)cc1. The van der Waals surface area contributed by atoms with Gasteiger partial charge in [-0.1, -0.05) is 35.9 Å². The Bertz CT molecular complexity index is 976. The molecule has 1 aliphatic rings. The van der Waals surface area contributed by atoms with Crippen LogP contribution in [0.2, 0.25) is 0 Å². The van der Waals surface area contributed by atoms with Gasteiger partial charge in [0.1, 0.15) is 18.1 Å². The van der Waals surface area contributed by atoms with Gasteiger partial charge in [0.25, 0.3) is 0 Å².